The van der Waals surface area contributed by atoms with Crippen LogP contribution in [0.25, 0.3) is 0 Å². The van der Waals surface area contributed by atoms with Gasteiger partial charge in [0.1, 0.15) is 11.6 Å². The van der Waals surface area contributed by atoms with Crippen molar-refractivity contribution < 1.29 is 19.4 Å². The SMILES string of the molecule is COc1cc2c(cc1O)[C@@H](c1ccccc1)C#C[C@@H]1C[C@@H](CC3=CCNC(N)=C3)C[C@H](CCCC3CCCCC3)C[C@H]1C(=O)CC(=O)CC2. The Balaban J connectivity index is 1.37. The summed E-state index contributed by atoms with van der Waals surface area (Å²) < 4.78 is 5.46. The average Bonchev–Trinajstić information content (AvgIpc) is 3.27. The summed E-state index contributed by atoms with van der Waals surface area (Å²) in [4.78, 5) is 27.7. The van der Waals surface area contributed by atoms with Crippen LogP contribution in [0, 0.1) is 41.4 Å². The van der Waals surface area contributed by atoms with E-state index in [-0.39, 0.29) is 47.9 Å². The minimum atomic E-state index is -0.318. The molecule has 260 valence electrons. The van der Waals surface area contributed by atoms with Crippen LogP contribution in [-0.2, 0) is 16.0 Å². The first-order valence-electron chi connectivity index (χ1n) is 18.8. The van der Waals surface area contributed by atoms with Crippen LogP contribution in [0.15, 0.2) is 66.0 Å². The number of allylic oxidation sites excluding steroid dienone is 2. The molecule has 1 aliphatic heterocycles. The van der Waals surface area contributed by atoms with Gasteiger partial charge in [-0.1, -0.05) is 99.6 Å². The average molecular weight is 663 g/mol. The normalized spacial score (nSPS) is 26.6. The number of ketones is 2. The molecule has 0 bridgehead atoms. The van der Waals surface area contributed by atoms with Gasteiger partial charge in [0.15, 0.2) is 11.5 Å². The van der Waals surface area contributed by atoms with Gasteiger partial charge in [-0.2, -0.15) is 0 Å². The van der Waals surface area contributed by atoms with Gasteiger partial charge in [-0.25, -0.2) is 0 Å². The lowest BCUT2D eigenvalue weighted by atomic mass is 9.78. The van der Waals surface area contributed by atoms with E-state index in [2.05, 4.69) is 41.4 Å². The first kappa shape index (κ1) is 34.9. The molecule has 2 saturated carbocycles. The van der Waals surface area contributed by atoms with E-state index in [1.165, 1.54) is 57.6 Å². The number of hydrogen-bond donors (Lipinski definition) is 3. The highest BCUT2D eigenvalue weighted by Crippen LogP contribution is 2.43. The molecule has 5 atom stereocenters. The topological polar surface area (TPSA) is 102 Å². The molecule has 2 aromatic carbocycles. The molecule has 4 N–H and O–H groups in total. The molecule has 0 aromatic heterocycles. The molecule has 0 spiro atoms. The number of ether oxygens (including phenoxy) is 1. The highest BCUT2D eigenvalue weighted by Gasteiger charge is 2.37. The lowest BCUT2D eigenvalue weighted by molar-refractivity contribution is -0.130. The smallest absolute Gasteiger partial charge is 0.160 e. The Bertz CT molecular complexity index is 1590. The zero-order valence-electron chi connectivity index (χ0n) is 29.2. The van der Waals surface area contributed by atoms with Gasteiger partial charge in [-0.15, -0.1) is 0 Å². The number of phenolic OH excluding ortho intramolecular Hbond substituents is 1. The van der Waals surface area contributed by atoms with Crippen molar-refractivity contribution in [3.63, 3.8) is 0 Å². The Hall–Kier alpha value is -3.98. The first-order chi connectivity index (χ1) is 23.9. The lowest BCUT2D eigenvalue weighted by Gasteiger charge is -2.25. The molecule has 0 radical (unpaired) electrons. The Labute approximate surface area is 293 Å². The van der Waals surface area contributed by atoms with Gasteiger partial charge in [-0.05, 0) is 90.3 Å². The van der Waals surface area contributed by atoms with Crippen molar-refractivity contribution in [2.45, 2.75) is 102 Å². The Morgan fingerprint density at radius 3 is 2.51 bits per heavy atom. The van der Waals surface area contributed by atoms with Crippen LogP contribution < -0.4 is 15.8 Å². The number of rotatable bonds is 8. The number of benzene rings is 2. The van der Waals surface area contributed by atoms with Crippen LogP contribution in [0.4, 0.5) is 0 Å². The molecule has 6 heteroatoms. The molecule has 3 aliphatic carbocycles. The van der Waals surface area contributed by atoms with Crippen molar-refractivity contribution >= 4 is 11.6 Å². The zero-order valence-corrected chi connectivity index (χ0v) is 29.2. The van der Waals surface area contributed by atoms with Crippen molar-refractivity contribution in [3.05, 3.63) is 82.7 Å². The van der Waals surface area contributed by atoms with Crippen LogP contribution in [0.3, 0.4) is 0 Å². The number of hydrogen-bond acceptors (Lipinski definition) is 6. The Morgan fingerprint density at radius 2 is 1.73 bits per heavy atom. The predicted octanol–water partition coefficient (Wildman–Crippen LogP) is 8.13. The van der Waals surface area contributed by atoms with Crippen molar-refractivity contribution in [1.82, 2.24) is 5.32 Å². The van der Waals surface area contributed by atoms with E-state index < -0.39 is 0 Å². The van der Waals surface area contributed by atoms with Gasteiger partial charge < -0.3 is 20.9 Å². The number of aryl methyl sites for hydroxylation is 1. The number of carbonyl (C=O) groups is 2. The number of methoxy groups -OCH3 is 1. The number of carbonyl (C=O) groups excluding carboxylic acids is 2. The summed E-state index contributed by atoms with van der Waals surface area (Å²) in [7, 11) is 1.53. The third-order valence-corrected chi connectivity index (χ3v) is 11.6. The van der Waals surface area contributed by atoms with Gasteiger partial charge in [-0.3, -0.25) is 9.59 Å². The standard InChI is InChI=1S/C43H54N2O4/c1-49-42-26-35-15-17-36(46)27-40(47)39-24-30(12-8-11-29-9-4-2-5-10-29)21-32(22-31-19-20-45-43(44)25-31)23-34(39)16-18-37(38(35)28-41(42)48)33-13-6-3-7-14-33/h3,6-7,13-14,19,25-26,28-30,32,34,37,39,45,48H,2,4-5,8-12,15,17,20-24,27,44H2,1H3/t30-,32+,34+,37+,39+/m0/s1. The molecule has 2 aromatic rings. The van der Waals surface area contributed by atoms with E-state index in [0.29, 0.717) is 29.8 Å². The molecular formula is C43H54N2O4. The van der Waals surface area contributed by atoms with Crippen LogP contribution in [0.5, 0.6) is 11.5 Å². The fourth-order valence-corrected chi connectivity index (χ4v) is 9.02. The fourth-order valence-electron chi connectivity index (χ4n) is 9.02. The number of aromatic hydroxyl groups is 1. The van der Waals surface area contributed by atoms with E-state index in [1.54, 1.807) is 6.07 Å². The maximum atomic E-state index is 14.2. The van der Waals surface area contributed by atoms with Gasteiger partial charge in [0, 0.05) is 24.8 Å². The Morgan fingerprint density at radius 1 is 0.939 bits per heavy atom. The Kier molecular flexibility index (Phi) is 11.8. The second kappa shape index (κ2) is 16.6. The minimum absolute atomic E-state index is 0.0262. The summed E-state index contributed by atoms with van der Waals surface area (Å²) in [6, 6.07) is 13.8. The van der Waals surface area contributed by atoms with Crippen molar-refractivity contribution in [1.29, 1.82) is 0 Å². The number of dihydropyridines is 1. The predicted molar refractivity (Wildman–Crippen MR) is 195 cm³/mol. The third kappa shape index (κ3) is 9.18. The molecule has 0 unspecified atom stereocenters. The number of nitrogens with two attached hydrogens (primary N) is 1. The molecular weight excluding hydrogens is 608 g/mol. The monoisotopic (exact) mass is 662 g/mol. The molecule has 49 heavy (non-hydrogen) atoms. The second-order valence-electron chi connectivity index (χ2n) is 15.1. The highest BCUT2D eigenvalue weighted by atomic mass is 16.5. The number of Topliss-reactive ketones (excluding diaryl/α,β-unsaturated/α-hetero) is 2. The summed E-state index contributed by atoms with van der Waals surface area (Å²) in [5, 5.41) is 14.1. The van der Waals surface area contributed by atoms with E-state index in [9.17, 15) is 14.7 Å². The maximum absolute atomic E-state index is 14.2. The highest BCUT2D eigenvalue weighted by molar-refractivity contribution is 6.00. The zero-order chi connectivity index (χ0) is 34.2. The van der Waals surface area contributed by atoms with Crippen molar-refractivity contribution in [2.75, 3.05) is 13.7 Å². The molecule has 4 aliphatic rings. The van der Waals surface area contributed by atoms with E-state index in [4.69, 9.17) is 10.5 Å². The van der Waals surface area contributed by atoms with E-state index in [1.807, 2.05) is 24.3 Å². The number of nitrogens with one attached hydrogen (secondary N) is 1. The van der Waals surface area contributed by atoms with Crippen molar-refractivity contribution in [3.8, 4) is 23.3 Å². The summed E-state index contributed by atoms with van der Waals surface area (Å²) in [5.74, 6) is 9.45. The van der Waals surface area contributed by atoms with Crippen molar-refractivity contribution in [2.24, 2.45) is 35.3 Å². The van der Waals surface area contributed by atoms with E-state index in [0.717, 1.165) is 61.3 Å². The van der Waals surface area contributed by atoms with Crippen LogP contribution in [0.2, 0.25) is 0 Å². The third-order valence-electron chi connectivity index (χ3n) is 11.6. The van der Waals surface area contributed by atoms with Gasteiger partial charge >= 0.3 is 0 Å². The lowest BCUT2D eigenvalue weighted by Crippen LogP contribution is -2.27. The molecule has 0 saturated heterocycles. The summed E-state index contributed by atoms with van der Waals surface area (Å²) in [6.07, 6.45) is 19.0. The first-order valence-corrected chi connectivity index (χ1v) is 18.8. The maximum Gasteiger partial charge on any atom is 0.160 e. The largest absolute Gasteiger partial charge is 0.504 e. The molecule has 6 nitrogen and oxygen atoms in total. The minimum Gasteiger partial charge on any atom is -0.504 e. The molecule has 6 rings (SSSR count). The van der Waals surface area contributed by atoms with Crippen LogP contribution in [0.1, 0.15) is 112 Å². The van der Waals surface area contributed by atoms with Gasteiger partial charge in [0.2, 0.25) is 0 Å². The summed E-state index contributed by atoms with van der Waals surface area (Å²) in [5.41, 5.74) is 10.3. The fraction of sp³-hybridized carbons (Fsp3) is 0.535. The quantitative estimate of drug-likeness (QED) is 0.195. The molecule has 2 fully saturated rings. The van der Waals surface area contributed by atoms with Gasteiger partial charge in [0.25, 0.3) is 0 Å². The molecule has 0 amide bonds. The summed E-state index contributed by atoms with van der Waals surface area (Å²) >= 11 is 0. The van der Waals surface area contributed by atoms with Crippen LogP contribution in [-0.4, -0.2) is 30.3 Å². The van der Waals surface area contributed by atoms with E-state index >= 15 is 0 Å². The number of phenols is 1. The summed E-state index contributed by atoms with van der Waals surface area (Å²) in [6.45, 7) is 0.734. The van der Waals surface area contributed by atoms with Crippen LogP contribution >= 0.6 is 0 Å². The molecule has 1 heterocycles. The van der Waals surface area contributed by atoms with Gasteiger partial charge in [0.05, 0.1) is 25.3 Å². The second-order valence-corrected chi connectivity index (χ2v) is 15.1. The number of fused-ring (bicyclic) bond motifs is 2.